The van der Waals surface area contributed by atoms with Crippen LogP contribution in [0.1, 0.15) is 278 Å². The number of methoxy groups -OCH3 is 1. The van der Waals surface area contributed by atoms with E-state index in [0.29, 0.717) is 42.1 Å². The van der Waals surface area contributed by atoms with E-state index < -0.39 is 22.0 Å². The highest BCUT2D eigenvalue weighted by Gasteiger charge is 2.49. The number of aromatic hydroxyl groups is 3. The van der Waals surface area contributed by atoms with Crippen LogP contribution in [0.15, 0.2) is 115 Å². The highest BCUT2D eigenvalue weighted by atomic mass is 16.6. The van der Waals surface area contributed by atoms with Crippen LogP contribution in [0.3, 0.4) is 0 Å². The smallest absolute Gasteiger partial charge is 0.312 e. The Morgan fingerprint density at radius 1 is 0.573 bits per heavy atom. The molecule has 0 amide bonds. The number of para-hydroxylation sites is 1. The van der Waals surface area contributed by atoms with Crippen molar-refractivity contribution in [3.8, 4) is 34.8 Å². The molecule has 1 aliphatic carbocycles. The molecule has 12 heteroatoms. The number of carbonyl (C=O) groups excluding carboxylic acids is 3. The van der Waals surface area contributed by atoms with E-state index in [4.69, 9.17) is 28.9 Å². The van der Waals surface area contributed by atoms with Crippen molar-refractivity contribution >= 4 is 28.7 Å². The number of phenolic OH excluding ortho intramolecular Hbond substituents is 3. The van der Waals surface area contributed by atoms with Gasteiger partial charge in [0.1, 0.15) is 51.6 Å². The Labute approximate surface area is 578 Å². The number of hydrogen-bond acceptors (Lipinski definition) is 12. The van der Waals surface area contributed by atoms with E-state index in [1.807, 2.05) is 157 Å². The van der Waals surface area contributed by atoms with Gasteiger partial charge in [-0.05, 0) is 239 Å². The Morgan fingerprint density at radius 2 is 1.08 bits per heavy atom. The number of fused-ring (bicyclic) bond motifs is 2. The summed E-state index contributed by atoms with van der Waals surface area (Å²) in [6.45, 7) is 47.6. The minimum atomic E-state index is -0.631. The number of phenols is 3. The molecule has 1 aliphatic heterocycles. The Balaban J connectivity index is 0.000000303. The summed E-state index contributed by atoms with van der Waals surface area (Å²) in [6.07, 6.45) is 10.7. The molecule has 1 saturated carbocycles. The van der Waals surface area contributed by atoms with Gasteiger partial charge >= 0.3 is 17.9 Å². The lowest BCUT2D eigenvalue weighted by Crippen LogP contribution is -2.47. The van der Waals surface area contributed by atoms with Crippen LogP contribution in [0, 0.1) is 46.8 Å². The molecule has 528 valence electrons. The molecule has 96 heavy (non-hydrogen) atoms. The third-order valence-corrected chi connectivity index (χ3v) is 20.4. The van der Waals surface area contributed by atoms with Gasteiger partial charge in [0.25, 0.3) is 0 Å². The van der Waals surface area contributed by atoms with E-state index in [0.717, 1.165) is 96.1 Å². The van der Waals surface area contributed by atoms with Crippen molar-refractivity contribution in [2.24, 2.45) is 21.7 Å². The molecular weight excluding hydrogens is 1200 g/mol. The number of rotatable bonds is 17. The average molecular weight is 1320 g/mol. The molecule has 6 aromatic rings. The van der Waals surface area contributed by atoms with E-state index in [1.165, 1.54) is 29.4 Å². The molecule has 0 saturated heterocycles. The molecule has 0 spiro atoms. The number of ether oxygens (including phenoxy) is 5. The second-order valence-corrected chi connectivity index (χ2v) is 29.9. The summed E-state index contributed by atoms with van der Waals surface area (Å²) in [5.41, 5.74) is 5.52. The summed E-state index contributed by atoms with van der Waals surface area (Å²) in [7, 11) is 1.63. The Bertz CT molecular complexity index is 3500. The highest BCUT2D eigenvalue weighted by molar-refractivity contribution is 5.83. The van der Waals surface area contributed by atoms with Crippen LogP contribution in [-0.4, -0.2) is 52.5 Å². The molecule has 8 rings (SSSR count). The van der Waals surface area contributed by atoms with Crippen molar-refractivity contribution in [2.45, 2.75) is 264 Å². The van der Waals surface area contributed by atoms with Crippen LogP contribution in [-0.2, 0) is 39.8 Å². The third-order valence-electron chi connectivity index (χ3n) is 20.4. The average Bonchev–Trinajstić information content (AvgIpc) is 1.15. The van der Waals surface area contributed by atoms with E-state index in [-0.39, 0.29) is 45.8 Å². The fraction of sp³-hybridized carbons (Fsp3) is 0.548. The van der Waals surface area contributed by atoms with Crippen molar-refractivity contribution in [3.05, 3.63) is 160 Å². The number of nitriles is 1. The molecule has 6 aromatic carbocycles. The topological polar surface area (TPSA) is 182 Å². The highest BCUT2D eigenvalue weighted by Crippen LogP contribution is 2.48. The van der Waals surface area contributed by atoms with Crippen LogP contribution in [0.5, 0.6) is 28.7 Å². The first-order valence-electron chi connectivity index (χ1n) is 35.1. The monoisotopic (exact) mass is 1320 g/mol. The zero-order valence-electron chi connectivity index (χ0n) is 63.2. The van der Waals surface area contributed by atoms with Gasteiger partial charge in [-0.15, -0.1) is 0 Å². The van der Waals surface area contributed by atoms with Gasteiger partial charge < -0.3 is 39.0 Å². The second kappa shape index (κ2) is 36.2. The van der Waals surface area contributed by atoms with Crippen LogP contribution in [0.4, 0.5) is 0 Å². The second-order valence-electron chi connectivity index (χ2n) is 29.9. The van der Waals surface area contributed by atoms with E-state index in [9.17, 15) is 29.7 Å². The van der Waals surface area contributed by atoms with Gasteiger partial charge in [-0.3, -0.25) is 14.4 Å². The van der Waals surface area contributed by atoms with Gasteiger partial charge in [0.15, 0.2) is 0 Å². The third kappa shape index (κ3) is 22.5. The van der Waals surface area contributed by atoms with Crippen molar-refractivity contribution < 1.29 is 53.4 Å². The number of nitrogens with zero attached hydrogens (tertiary/aromatic N) is 1. The zero-order chi connectivity index (χ0) is 72.8. The predicted molar refractivity (Wildman–Crippen MR) is 393 cm³/mol. The molecule has 1 heterocycles. The summed E-state index contributed by atoms with van der Waals surface area (Å²) in [4.78, 5) is 36.9. The zero-order valence-corrected chi connectivity index (χ0v) is 63.2. The molecule has 2 aliphatic rings. The molecule has 0 aromatic heterocycles. The van der Waals surface area contributed by atoms with Gasteiger partial charge in [-0.25, -0.2) is 0 Å². The molecular formula is C84H121NO11. The normalized spacial score (nSPS) is 15.8. The van der Waals surface area contributed by atoms with E-state index in [1.54, 1.807) is 37.4 Å². The first-order chi connectivity index (χ1) is 44.7. The number of hydrogen-bond donors (Lipinski definition) is 3. The lowest BCUT2D eigenvalue weighted by molar-refractivity contribution is -0.183. The van der Waals surface area contributed by atoms with Gasteiger partial charge in [0.2, 0.25) is 0 Å². The van der Waals surface area contributed by atoms with Gasteiger partial charge in [0.05, 0.1) is 35.5 Å². The van der Waals surface area contributed by atoms with Crippen molar-refractivity contribution in [1.29, 1.82) is 5.26 Å². The maximum absolute atomic E-state index is 12.3. The van der Waals surface area contributed by atoms with Crippen LogP contribution in [0.2, 0.25) is 0 Å². The summed E-state index contributed by atoms with van der Waals surface area (Å²) >= 11 is 0. The predicted octanol–water partition coefficient (Wildman–Crippen LogP) is 22.3. The standard InChI is InChI=1S/C19H24O2.C16H22O3.C15H28O2.C12H18O.C11H13NO.C11H16O2/c1-6-18(2,3)17(20)21-19(4,5)16-12-11-14-9-7-8-10-15(14)13-16;1-5-15(2,3)14(17)19-16(4)10-11-18-13-9-7-6-8-12(13)16;1-7-14(5,6)12(16)17-15(13(2,3)4)10-8-9-11-15;1-5-8(2)11-6-7-12(13)10(4)9(11)3;1-3-8(2)9-4-5-11(13)10(6-9)7-12;1-4-8(2)10-6-5-9(12)7-11(10)13-3/h7-13H,6H2,1-5H3;6-9H,5,10-11H2,1-4H3;7-11H2,1-6H3;6-8,13H,5H2,1-4H3;4-6,8,13H,3H2,1-2H3;5-8,12H,4H2,1-3H3. The van der Waals surface area contributed by atoms with Crippen molar-refractivity contribution in [1.82, 2.24) is 0 Å². The van der Waals surface area contributed by atoms with Crippen LogP contribution in [0.25, 0.3) is 10.8 Å². The van der Waals surface area contributed by atoms with Crippen LogP contribution < -0.4 is 9.47 Å². The van der Waals surface area contributed by atoms with Gasteiger partial charge in [-0.1, -0.05) is 156 Å². The molecule has 0 radical (unpaired) electrons. The van der Waals surface area contributed by atoms with Crippen molar-refractivity contribution in [3.63, 3.8) is 0 Å². The first-order valence-corrected chi connectivity index (χ1v) is 35.1. The Kier molecular flexibility index (Phi) is 31.2. The number of benzene rings is 6. The Hall–Kier alpha value is -7.52. The minimum absolute atomic E-state index is 0.0307. The lowest BCUT2D eigenvalue weighted by Gasteiger charge is -2.42. The van der Waals surface area contributed by atoms with E-state index in [2.05, 4.69) is 93.5 Å². The SMILES string of the molecule is CCC(C)(C)C(=O)OC(C)(C)c1ccc2ccccc2c1.CCC(C)(C)C(=O)OC1(C(C)(C)C)CCCC1.CCC(C)(C)C(=O)OC1(C)CCOc2ccccc21.CCC(C)c1ccc(O)c(C#N)c1.CCC(C)c1ccc(O)c(C)c1C.CCC(C)c1ccc(O)cc1OC. The fourth-order valence-corrected chi connectivity index (χ4v) is 10.8. The minimum Gasteiger partial charge on any atom is -0.508 e. The van der Waals surface area contributed by atoms with Crippen molar-refractivity contribution in [2.75, 3.05) is 13.7 Å². The molecule has 1 fully saturated rings. The molecule has 3 N–H and O–H groups in total. The van der Waals surface area contributed by atoms with E-state index >= 15 is 0 Å². The van der Waals surface area contributed by atoms with Crippen LogP contribution >= 0.6 is 0 Å². The summed E-state index contributed by atoms with van der Waals surface area (Å²) in [6, 6.07) is 38.5. The largest absolute Gasteiger partial charge is 0.508 e. The molecule has 4 atom stereocenters. The summed E-state index contributed by atoms with van der Waals surface area (Å²) < 4.78 is 28.4. The molecule has 4 unspecified atom stereocenters. The molecule has 0 bridgehead atoms. The van der Waals surface area contributed by atoms with Gasteiger partial charge in [0, 0.05) is 23.5 Å². The molecule has 12 nitrogen and oxygen atoms in total. The lowest BCUT2D eigenvalue weighted by atomic mass is 9.74. The summed E-state index contributed by atoms with van der Waals surface area (Å²) in [5.74, 6) is 3.48. The maximum Gasteiger partial charge on any atom is 0.312 e. The Morgan fingerprint density at radius 3 is 1.62 bits per heavy atom. The maximum atomic E-state index is 12.3. The quantitative estimate of drug-likeness (QED) is 0.0581. The van der Waals surface area contributed by atoms with Gasteiger partial charge in [-0.2, -0.15) is 5.26 Å². The summed E-state index contributed by atoms with van der Waals surface area (Å²) in [5, 5.41) is 39.0. The number of esters is 3. The first kappa shape index (κ1) is 82.7. The number of carbonyl (C=O) groups is 3. The fourth-order valence-electron chi connectivity index (χ4n) is 10.8.